The summed E-state index contributed by atoms with van der Waals surface area (Å²) in [4.78, 5) is 0. The van der Waals surface area contributed by atoms with Crippen LogP contribution in [0.25, 0.3) is 72.0 Å². The number of para-hydroxylation sites is 5. The lowest BCUT2D eigenvalue weighted by Crippen LogP contribution is -2.30. The number of rotatable bonds is 31. The molecule has 0 spiro atoms. The molecule has 12 aromatic rings. The highest BCUT2D eigenvalue weighted by Crippen LogP contribution is 2.56. The van der Waals surface area contributed by atoms with Gasteiger partial charge in [0.15, 0.2) is 0 Å². The fourth-order valence-electron chi connectivity index (χ4n) is 14.2. The SMILES string of the molecule is c1ccc(OCCOCCC2(CCOCCOc3ccccc3)c3ccccc3-c3ccc(-c4ccc5c(c4)c4cc(-c6ccc7c(c6)C(CCOCCOc6ccccc6)(CCOCCOc6ccccc6)c6ccccc6-7)ccc4n5-c4ccccc4)cc32)cc1. The Kier molecular flexibility index (Phi) is 18.8. The minimum atomic E-state index is -0.380. The zero-order valence-corrected chi connectivity index (χ0v) is 52.5. The molecule has 0 N–H and O–H groups in total. The van der Waals surface area contributed by atoms with E-state index >= 15 is 0 Å². The number of hydrogen-bond donors (Lipinski definition) is 0. The first-order valence-electron chi connectivity index (χ1n) is 32.8. The minimum Gasteiger partial charge on any atom is -0.491 e. The van der Waals surface area contributed by atoms with E-state index < -0.39 is 0 Å². The number of nitrogens with zero attached hydrogens (tertiary/aromatic N) is 1. The van der Waals surface area contributed by atoms with E-state index in [0.29, 0.717) is 79.3 Å². The Labute approximate surface area is 545 Å². The standard InChI is InChI=1S/C84H77NO8/c1-6-20-66(21-7-1)85-81-40-36-62(64-34-38-73-71-30-16-18-32-77(71)83(79(73)60-64,42-46-86-50-54-90-67-22-8-2-9-23-67)43-47-87-51-55-91-68-24-10-3-11-25-68)58-75(81)76-59-63(37-41-82(76)85)65-35-39-74-72-31-17-19-33-78(72)84(80(74)61-65,44-48-88-52-56-92-69-26-12-4-13-27-69)45-49-89-53-57-93-70-28-14-5-15-29-70/h1-41,58-61H,42-57H2. The minimum absolute atomic E-state index is 0.380. The van der Waals surface area contributed by atoms with Crippen LogP contribution in [0.4, 0.5) is 0 Å². The molecule has 1 aromatic heterocycles. The lowest BCUT2D eigenvalue weighted by atomic mass is 9.72. The molecule has 9 nitrogen and oxygen atoms in total. The predicted octanol–water partition coefficient (Wildman–Crippen LogP) is 18.6. The number of benzene rings is 11. The smallest absolute Gasteiger partial charge is 0.119 e. The zero-order valence-electron chi connectivity index (χ0n) is 52.5. The molecule has 0 saturated heterocycles. The maximum Gasteiger partial charge on any atom is 0.119 e. The van der Waals surface area contributed by atoms with E-state index in [-0.39, 0.29) is 10.8 Å². The Morgan fingerprint density at radius 2 is 0.527 bits per heavy atom. The Bertz CT molecular complexity index is 4050. The summed E-state index contributed by atoms with van der Waals surface area (Å²) in [6, 6.07) is 96.6. The summed E-state index contributed by atoms with van der Waals surface area (Å²) < 4.78 is 52.5. The van der Waals surface area contributed by atoms with Crippen molar-refractivity contribution in [3.05, 3.63) is 295 Å². The molecule has 0 atom stereocenters. The second-order valence-corrected chi connectivity index (χ2v) is 24.0. The van der Waals surface area contributed by atoms with E-state index in [0.717, 1.165) is 87.7 Å². The third-order valence-electron chi connectivity index (χ3n) is 18.6. The normalized spacial score (nSPS) is 13.1. The van der Waals surface area contributed by atoms with Gasteiger partial charge in [-0.1, -0.05) is 176 Å². The van der Waals surface area contributed by atoms with E-state index in [4.69, 9.17) is 37.9 Å². The fraction of sp³-hybridized carbons (Fsp3) is 0.214. The molecule has 9 heteroatoms. The number of ether oxygens (including phenoxy) is 8. The molecule has 93 heavy (non-hydrogen) atoms. The van der Waals surface area contributed by atoms with E-state index in [9.17, 15) is 0 Å². The Balaban J connectivity index is 0.793. The van der Waals surface area contributed by atoms with Crippen LogP contribution in [-0.4, -0.2) is 83.8 Å². The van der Waals surface area contributed by atoms with Gasteiger partial charge in [0.2, 0.25) is 0 Å². The number of hydrogen-bond acceptors (Lipinski definition) is 8. The third-order valence-corrected chi connectivity index (χ3v) is 18.6. The molecule has 0 fully saturated rings. The second-order valence-electron chi connectivity index (χ2n) is 24.0. The summed E-state index contributed by atoms with van der Waals surface area (Å²) in [5, 5.41) is 2.37. The molecule has 0 bridgehead atoms. The summed E-state index contributed by atoms with van der Waals surface area (Å²) in [5.74, 6) is 3.36. The number of fused-ring (bicyclic) bond motifs is 9. The van der Waals surface area contributed by atoms with Crippen molar-refractivity contribution in [3.63, 3.8) is 0 Å². The molecule has 1 heterocycles. The van der Waals surface area contributed by atoms with Crippen LogP contribution >= 0.6 is 0 Å². The van der Waals surface area contributed by atoms with Crippen molar-refractivity contribution < 1.29 is 37.9 Å². The van der Waals surface area contributed by atoms with E-state index in [1.54, 1.807) is 0 Å². The van der Waals surface area contributed by atoms with Crippen LogP contribution in [0.2, 0.25) is 0 Å². The zero-order chi connectivity index (χ0) is 62.5. The van der Waals surface area contributed by atoms with Gasteiger partial charge in [-0.2, -0.15) is 0 Å². The molecule has 0 saturated carbocycles. The predicted molar refractivity (Wildman–Crippen MR) is 374 cm³/mol. The van der Waals surface area contributed by atoms with Crippen molar-refractivity contribution >= 4 is 21.8 Å². The molecular formula is C84H77NO8. The number of aromatic nitrogens is 1. The van der Waals surface area contributed by atoms with Crippen molar-refractivity contribution in [2.24, 2.45) is 0 Å². The highest BCUT2D eigenvalue weighted by atomic mass is 16.5. The molecule has 466 valence electrons. The van der Waals surface area contributed by atoms with Crippen molar-refractivity contribution in [1.82, 2.24) is 4.57 Å². The molecule has 0 aliphatic heterocycles. The third kappa shape index (κ3) is 13.2. The van der Waals surface area contributed by atoms with Gasteiger partial charge in [0.25, 0.3) is 0 Å². The summed E-state index contributed by atoms with van der Waals surface area (Å²) in [6.45, 7) is 6.03. The van der Waals surface area contributed by atoms with Crippen LogP contribution in [0.15, 0.2) is 273 Å². The molecule has 0 radical (unpaired) electrons. The topological polar surface area (TPSA) is 78.8 Å². The van der Waals surface area contributed by atoms with E-state index in [2.05, 4.69) is 156 Å². The Morgan fingerprint density at radius 1 is 0.237 bits per heavy atom. The first-order valence-corrected chi connectivity index (χ1v) is 32.8. The molecular weight excluding hydrogens is 1150 g/mol. The molecule has 2 aliphatic carbocycles. The van der Waals surface area contributed by atoms with Gasteiger partial charge >= 0.3 is 0 Å². The van der Waals surface area contributed by atoms with Crippen molar-refractivity contribution in [1.29, 1.82) is 0 Å². The van der Waals surface area contributed by atoms with Crippen LogP contribution in [0.5, 0.6) is 23.0 Å². The monoisotopic (exact) mass is 1230 g/mol. The lowest BCUT2D eigenvalue weighted by molar-refractivity contribution is 0.0706. The van der Waals surface area contributed by atoms with Gasteiger partial charge < -0.3 is 42.5 Å². The maximum absolute atomic E-state index is 6.47. The van der Waals surface area contributed by atoms with Gasteiger partial charge in [-0.05, 0) is 190 Å². The molecule has 11 aromatic carbocycles. The van der Waals surface area contributed by atoms with Crippen LogP contribution < -0.4 is 18.9 Å². The summed E-state index contributed by atoms with van der Waals surface area (Å²) in [7, 11) is 0. The Hall–Kier alpha value is -9.74. The van der Waals surface area contributed by atoms with Crippen molar-refractivity contribution in [3.8, 4) is 73.2 Å². The summed E-state index contributed by atoms with van der Waals surface area (Å²) >= 11 is 0. The first kappa shape index (κ1) is 60.8. The van der Waals surface area contributed by atoms with Gasteiger partial charge in [0, 0.05) is 53.7 Å². The Morgan fingerprint density at radius 3 is 0.882 bits per heavy atom. The van der Waals surface area contributed by atoms with Crippen LogP contribution in [-0.2, 0) is 29.8 Å². The average molecular weight is 1230 g/mol. The van der Waals surface area contributed by atoms with Gasteiger partial charge in [-0.15, -0.1) is 0 Å². The molecule has 0 amide bonds. The summed E-state index contributed by atoms with van der Waals surface area (Å²) in [6.07, 6.45) is 3.09. The van der Waals surface area contributed by atoms with E-state index in [1.165, 1.54) is 55.3 Å². The first-order chi connectivity index (χ1) is 46.1. The highest BCUT2D eigenvalue weighted by Gasteiger charge is 2.44. The summed E-state index contributed by atoms with van der Waals surface area (Å²) in [5.41, 5.74) is 17.5. The van der Waals surface area contributed by atoms with Crippen LogP contribution in [0.3, 0.4) is 0 Å². The van der Waals surface area contributed by atoms with E-state index in [1.807, 2.05) is 121 Å². The molecule has 0 unspecified atom stereocenters. The van der Waals surface area contributed by atoms with Gasteiger partial charge in [0.1, 0.15) is 49.4 Å². The fourth-order valence-corrected chi connectivity index (χ4v) is 14.2. The van der Waals surface area contributed by atoms with Gasteiger partial charge in [0.05, 0.1) is 37.5 Å². The van der Waals surface area contributed by atoms with Crippen LogP contribution in [0.1, 0.15) is 47.9 Å². The molecule has 2 aliphatic rings. The quantitative estimate of drug-likeness (QED) is 0.0398. The maximum atomic E-state index is 6.47. The largest absolute Gasteiger partial charge is 0.491 e. The van der Waals surface area contributed by atoms with Gasteiger partial charge in [-0.25, -0.2) is 0 Å². The van der Waals surface area contributed by atoms with Crippen molar-refractivity contribution in [2.45, 2.75) is 36.5 Å². The van der Waals surface area contributed by atoms with Crippen LogP contribution in [0, 0.1) is 0 Å². The lowest BCUT2D eigenvalue weighted by Gasteiger charge is -2.32. The molecule has 14 rings (SSSR count). The highest BCUT2D eigenvalue weighted by molar-refractivity contribution is 6.12. The van der Waals surface area contributed by atoms with Gasteiger partial charge in [-0.3, -0.25) is 0 Å². The average Bonchev–Trinajstić information content (AvgIpc) is 1.58. The second kappa shape index (κ2) is 28.8. The van der Waals surface area contributed by atoms with Crippen molar-refractivity contribution in [2.75, 3.05) is 79.3 Å².